The molecule has 2 N–H and O–H groups in total. The van der Waals surface area contributed by atoms with Crippen LogP contribution in [-0.2, 0) is 32.3 Å². The summed E-state index contributed by atoms with van der Waals surface area (Å²) in [5, 5.41) is 13.7. The number of morpholine rings is 1. The zero-order valence-electron chi connectivity index (χ0n) is 23.8. The average Bonchev–Trinajstić information content (AvgIpc) is 3.46. The second-order valence-electron chi connectivity index (χ2n) is 9.82. The molecule has 1 fully saturated rings. The number of alkyl halides is 3. The number of nitrogens with zero attached hydrogens (tertiary/aromatic N) is 4. The van der Waals surface area contributed by atoms with Crippen molar-refractivity contribution in [3.63, 3.8) is 0 Å². The largest absolute Gasteiger partial charge is 0.416 e. The molecule has 2 heterocycles. The fourth-order valence-corrected chi connectivity index (χ4v) is 6.78. The predicted octanol–water partition coefficient (Wildman–Crippen LogP) is 4.62. The summed E-state index contributed by atoms with van der Waals surface area (Å²) in [5.41, 5.74) is -0.268. The number of halogens is 4. The van der Waals surface area contributed by atoms with E-state index in [9.17, 15) is 31.2 Å². The number of aromatic nitrogens is 3. The van der Waals surface area contributed by atoms with E-state index in [1.807, 2.05) is 0 Å². The Hall–Kier alpha value is -3.96. The molecule has 4 aromatic rings. The number of anilines is 1. The maximum Gasteiger partial charge on any atom is 0.416 e. The number of carbonyl (C=O) groups excluding carboxylic acids is 2. The number of hydrogen-bond acceptors (Lipinski definition) is 8. The minimum atomic E-state index is -4.61. The third-order valence-corrected chi connectivity index (χ3v) is 9.92. The minimum absolute atomic E-state index is 0.0507. The summed E-state index contributed by atoms with van der Waals surface area (Å²) in [6.45, 7) is 1.07. The second kappa shape index (κ2) is 14.2. The highest BCUT2D eigenvalue weighted by molar-refractivity contribution is 7.99. The van der Waals surface area contributed by atoms with Crippen LogP contribution in [0.15, 0.2) is 82.8 Å². The molecule has 0 spiro atoms. The molecule has 0 aliphatic carbocycles. The molecule has 1 saturated heterocycles. The first kappa shape index (κ1) is 33.4. The highest BCUT2D eigenvalue weighted by atomic mass is 35.5. The fraction of sp³-hybridized carbons (Fsp3) is 0.241. The van der Waals surface area contributed by atoms with Crippen molar-refractivity contribution in [2.24, 2.45) is 0 Å². The molecule has 2 amide bonds. The van der Waals surface area contributed by atoms with Crippen molar-refractivity contribution in [3.05, 3.63) is 94.8 Å². The van der Waals surface area contributed by atoms with E-state index >= 15 is 0 Å². The lowest BCUT2D eigenvalue weighted by atomic mass is 10.2. The number of carbonyl (C=O) groups is 2. The summed E-state index contributed by atoms with van der Waals surface area (Å²) in [6.07, 6.45) is -4.61. The topological polar surface area (TPSA) is 136 Å². The van der Waals surface area contributed by atoms with Crippen LogP contribution in [0.1, 0.15) is 21.7 Å². The van der Waals surface area contributed by atoms with Gasteiger partial charge in [0.05, 0.1) is 46.7 Å². The number of hydrogen-bond donors (Lipinski definition) is 2. The van der Waals surface area contributed by atoms with Crippen molar-refractivity contribution < 1.29 is 35.9 Å². The normalized spacial score (nSPS) is 14.2. The third kappa shape index (κ3) is 7.87. The first-order valence-electron chi connectivity index (χ1n) is 13.7. The molecule has 0 saturated carbocycles. The van der Waals surface area contributed by atoms with Gasteiger partial charge < -0.3 is 15.4 Å². The Morgan fingerprint density at radius 3 is 2.35 bits per heavy atom. The van der Waals surface area contributed by atoms with Gasteiger partial charge in [0.25, 0.3) is 5.91 Å². The lowest BCUT2D eigenvalue weighted by Crippen LogP contribution is -2.40. The van der Waals surface area contributed by atoms with Crippen LogP contribution in [-0.4, -0.2) is 71.4 Å². The maximum absolute atomic E-state index is 13.1. The van der Waals surface area contributed by atoms with Gasteiger partial charge in [-0.25, -0.2) is 8.42 Å². The van der Waals surface area contributed by atoms with Crippen molar-refractivity contribution in [2.45, 2.75) is 22.8 Å². The van der Waals surface area contributed by atoms with Crippen LogP contribution < -0.4 is 10.6 Å². The standard InChI is InChI=1S/C29H26ClF3N6O5S2/c30-23-11-8-20(29(31,32)33)16-24(23)35-26(40)18-45-28-37-36-25(39(28)21-4-2-1-3-5-21)17-34-27(41)19-6-9-22(10-7-19)46(42,43)38-12-14-44-15-13-38/h1-11,16H,12-15,17-18H2,(H,34,41)(H,35,40). The Morgan fingerprint density at radius 2 is 1.67 bits per heavy atom. The molecular formula is C29H26ClF3N6O5S2. The molecule has 0 atom stereocenters. The van der Waals surface area contributed by atoms with E-state index in [-0.39, 0.29) is 46.6 Å². The Kier molecular flexibility index (Phi) is 10.3. The average molecular weight is 695 g/mol. The van der Waals surface area contributed by atoms with E-state index in [0.717, 1.165) is 30.0 Å². The summed E-state index contributed by atoms with van der Waals surface area (Å²) < 4.78 is 73.3. The molecule has 0 unspecified atom stereocenters. The minimum Gasteiger partial charge on any atom is -0.379 e. The van der Waals surface area contributed by atoms with E-state index in [0.29, 0.717) is 29.9 Å². The zero-order chi connectivity index (χ0) is 32.9. The molecule has 17 heteroatoms. The first-order valence-corrected chi connectivity index (χ1v) is 16.5. The Labute approximate surface area is 271 Å². The predicted molar refractivity (Wildman–Crippen MR) is 164 cm³/mol. The highest BCUT2D eigenvalue weighted by Crippen LogP contribution is 2.34. The van der Waals surface area contributed by atoms with Gasteiger partial charge in [-0.15, -0.1) is 10.2 Å². The number of nitrogens with one attached hydrogen (secondary N) is 2. The van der Waals surface area contributed by atoms with Crippen LogP contribution in [0.3, 0.4) is 0 Å². The molecule has 0 bridgehead atoms. The van der Waals surface area contributed by atoms with E-state index in [1.54, 1.807) is 34.9 Å². The molecule has 0 radical (unpaired) electrons. The van der Waals surface area contributed by atoms with Gasteiger partial charge in [-0.05, 0) is 54.6 Å². The van der Waals surface area contributed by atoms with Crippen LogP contribution in [0.5, 0.6) is 0 Å². The third-order valence-electron chi connectivity index (χ3n) is 6.75. The molecule has 11 nitrogen and oxygen atoms in total. The van der Waals surface area contributed by atoms with Crippen molar-refractivity contribution in [1.82, 2.24) is 24.4 Å². The van der Waals surface area contributed by atoms with Gasteiger partial charge in [0.2, 0.25) is 15.9 Å². The molecule has 242 valence electrons. The van der Waals surface area contributed by atoms with E-state index < -0.39 is 33.6 Å². The quantitative estimate of drug-likeness (QED) is 0.230. The summed E-state index contributed by atoms with van der Waals surface area (Å²) in [5.74, 6) is -1.01. The van der Waals surface area contributed by atoms with Gasteiger partial charge in [0.15, 0.2) is 11.0 Å². The van der Waals surface area contributed by atoms with Gasteiger partial charge in [-0.2, -0.15) is 17.5 Å². The van der Waals surface area contributed by atoms with Crippen LogP contribution in [0, 0.1) is 0 Å². The second-order valence-corrected chi connectivity index (χ2v) is 13.1. The SMILES string of the molecule is O=C(CSc1nnc(CNC(=O)c2ccc(S(=O)(=O)N3CCOCC3)cc2)n1-c1ccccc1)Nc1cc(C(F)(F)F)ccc1Cl. The van der Waals surface area contributed by atoms with E-state index in [2.05, 4.69) is 20.8 Å². The number of rotatable bonds is 10. The number of amides is 2. The van der Waals surface area contributed by atoms with E-state index in [1.165, 1.54) is 28.6 Å². The summed E-state index contributed by atoms with van der Waals surface area (Å²) in [6, 6.07) is 17.1. The van der Waals surface area contributed by atoms with Crippen LogP contribution in [0.4, 0.5) is 18.9 Å². The van der Waals surface area contributed by atoms with Gasteiger partial charge in [-0.3, -0.25) is 14.2 Å². The number of sulfonamides is 1. The Morgan fingerprint density at radius 1 is 0.978 bits per heavy atom. The lowest BCUT2D eigenvalue weighted by Gasteiger charge is -2.26. The van der Waals surface area contributed by atoms with Crippen LogP contribution in [0.25, 0.3) is 5.69 Å². The number of thioether (sulfide) groups is 1. The number of benzene rings is 3. The summed E-state index contributed by atoms with van der Waals surface area (Å²) in [7, 11) is -3.72. The number of para-hydroxylation sites is 1. The lowest BCUT2D eigenvalue weighted by molar-refractivity contribution is -0.137. The molecule has 3 aromatic carbocycles. The fourth-order valence-electron chi connectivity index (χ4n) is 4.43. The van der Waals surface area contributed by atoms with Crippen molar-refractivity contribution in [3.8, 4) is 5.69 Å². The smallest absolute Gasteiger partial charge is 0.379 e. The number of ether oxygens (including phenoxy) is 1. The molecule has 1 aliphatic heterocycles. The van der Waals surface area contributed by atoms with Crippen molar-refractivity contribution >= 4 is 50.9 Å². The Bertz CT molecular complexity index is 1820. The van der Waals surface area contributed by atoms with Gasteiger partial charge in [0, 0.05) is 24.3 Å². The Balaban J connectivity index is 1.26. The first-order chi connectivity index (χ1) is 21.9. The monoisotopic (exact) mass is 694 g/mol. The molecule has 1 aliphatic rings. The van der Waals surface area contributed by atoms with Gasteiger partial charge >= 0.3 is 6.18 Å². The highest BCUT2D eigenvalue weighted by Gasteiger charge is 2.31. The molecule has 46 heavy (non-hydrogen) atoms. The van der Waals surface area contributed by atoms with Crippen molar-refractivity contribution in [1.29, 1.82) is 0 Å². The maximum atomic E-state index is 13.1. The van der Waals surface area contributed by atoms with Crippen LogP contribution >= 0.6 is 23.4 Å². The molecule has 5 rings (SSSR count). The van der Waals surface area contributed by atoms with Crippen molar-refractivity contribution in [2.75, 3.05) is 37.4 Å². The van der Waals surface area contributed by atoms with Gasteiger partial charge in [0.1, 0.15) is 0 Å². The van der Waals surface area contributed by atoms with Crippen LogP contribution in [0.2, 0.25) is 5.02 Å². The molecular weight excluding hydrogens is 669 g/mol. The molecule has 1 aromatic heterocycles. The van der Waals surface area contributed by atoms with Gasteiger partial charge in [-0.1, -0.05) is 41.6 Å². The zero-order valence-corrected chi connectivity index (χ0v) is 26.2. The van der Waals surface area contributed by atoms with E-state index in [4.69, 9.17) is 16.3 Å². The summed E-state index contributed by atoms with van der Waals surface area (Å²) >= 11 is 6.98. The summed E-state index contributed by atoms with van der Waals surface area (Å²) in [4.78, 5) is 25.7.